The summed E-state index contributed by atoms with van der Waals surface area (Å²) in [7, 11) is -0.333. The molecule has 1 atom stereocenters. The number of hydrogen-bond donors (Lipinski definition) is 0. The summed E-state index contributed by atoms with van der Waals surface area (Å²) < 4.78 is 12.3. The SMILES string of the molecule is Cc1cc(N2CCCCC2C)ncc1B1OC(C)(C)C(C)(C)O1. The van der Waals surface area contributed by atoms with Crippen LogP contribution in [0.4, 0.5) is 5.82 Å². The molecule has 1 aromatic heterocycles. The monoisotopic (exact) mass is 316 g/mol. The van der Waals surface area contributed by atoms with Crippen LogP contribution in [0.3, 0.4) is 0 Å². The van der Waals surface area contributed by atoms with E-state index >= 15 is 0 Å². The third-order valence-electron chi connectivity index (χ3n) is 5.74. The highest BCUT2D eigenvalue weighted by atomic mass is 16.7. The number of piperidine rings is 1. The van der Waals surface area contributed by atoms with Gasteiger partial charge in [0.2, 0.25) is 0 Å². The zero-order valence-corrected chi connectivity index (χ0v) is 15.3. The molecule has 3 heterocycles. The van der Waals surface area contributed by atoms with E-state index in [1.807, 2.05) is 6.20 Å². The normalized spacial score (nSPS) is 26.6. The van der Waals surface area contributed by atoms with Gasteiger partial charge in [0.25, 0.3) is 0 Å². The number of nitrogens with zero attached hydrogens (tertiary/aromatic N) is 2. The highest BCUT2D eigenvalue weighted by Gasteiger charge is 2.52. The molecule has 0 radical (unpaired) electrons. The van der Waals surface area contributed by atoms with Crippen LogP contribution in [0, 0.1) is 6.92 Å². The smallest absolute Gasteiger partial charge is 0.399 e. The van der Waals surface area contributed by atoms with Crippen molar-refractivity contribution in [1.29, 1.82) is 0 Å². The van der Waals surface area contributed by atoms with E-state index in [0.717, 1.165) is 17.8 Å². The van der Waals surface area contributed by atoms with Crippen molar-refractivity contribution in [1.82, 2.24) is 4.98 Å². The summed E-state index contributed by atoms with van der Waals surface area (Å²) in [5.41, 5.74) is 1.59. The molecule has 4 nitrogen and oxygen atoms in total. The van der Waals surface area contributed by atoms with E-state index in [9.17, 15) is 0 Å². The second-order valence-corrected chi connectivity index (χ2v) is 8.03. The Labute approximate surface area is 140 Å². The number of aryl methyl sites for hydroxylation is 1. The lowest BCUT2D eigenvalue weighted by Gasteiger charge is -2.34. The Morgan fingerprint density at radius 3 is 2.39 bits per heavy atom. The maximum absolute atomic E-state index is 6.16. The maximum Gasteiger partial charge on any atom is 0.496 e. The largest absolute Gasteiger partial charge is 0.496 e. The van der Waals surface area contributed by atoms with Crippen LogP contribution in [0.5, 0.6) is 0 Å². The average molecular weight is 316 g/mol. The van der Waals surface area contributed by atoms with Crippen molar-refractivity contribution in [2.75, 3.05) is 11.4 Å². The van der Waals surface area contributed by atoms with E-state index in [1.54, 1.807) is 0 Å². The van der Waals surface area contributed by atoms with Gasteiger partial charge in [-0.3, -0.25) is 0 Å². The van der Waals surface area contributed by atoms with Crippen molar-refractivity contribution in [3.63, 3.8) is 0 Å². The Bertz CT molecular complexity index is 572. The van der Waals surface area contributed by atoms with Crippen molar-refractivity contribution < 1.29 is 9.31 Å². The highest BCUT2D eigenvalue weighted by Crippen LogP contribution is 2.36. The van der Waals surface area contributed by atoms with Crippen LogP contribution in [-0.4, -0.2) is 35.9 Å². The fraction of sp³-hybridized carbons (Fsp3) is 0.722. The number of rotatable bonds is 2. The summed E-state index contributed by atoms with van der Waals surface area (Å²) in [6.45, 7) is 13.8. The van der Waals surface area contributed by atoms with Crippen molar-refractivity contribution in [3.05, 3.63) is 17.8 Å². The first-order chi connectivity index (χ1) is 10.7. The van der Waals surface area contributed by atoms with Crippen LogP contribution in [0.15, 0.2) is 12.3 Å². The molecule has 0 aliphatic carbocycles. The van der Waals surface area contributed by atoms with Crippen molar-refractivity contribution >= 4 is 18.4 Å². The fourth-order valence-corrected chi connectivity index (χ4v) is 3.36. The molecule has 1 unspecified atom stereocenters. The molecule has 0 N–H and O–H groups in total. The lowest BCUT2D eigenvalue weighted by Crippen LogP contribution is -2.41. The van der Waals surface area contributed by atoms with Crippen LogP contribution < -0.4 is 10.4 Å². The summed E-state index contributed by atoms with van der Waals surface area (Å²) >= 11 is 0. The predicted octanol–water partition coefficient (Wildman–Crippen LogP) is 3.07. The Balaban J connectivity index is 1.83. The summed E-state index contributed by atoms with van der Waals surface area (Å²) in [4.78, 5) is 7.14. The topological polar surface area (TPSA) is 34.6 Å². The van der Waals surface area contributed by atoms with Gasteiger partial charge in [0.15, 0.2) is 0 Å². The third-order valence-corrected chi connectivity index (χ3v) is 5.74. The van der Waals surface area contributed by atoms with E-state index < -0.39 is 0 Å². The van der Waals surface area contributed by atoms with E-state index in [0.29, 0.717) is 6.04 Å². The maximum atomic E-state index is 6.16. The lowest BCUT2D eigenvalue weighted by molar-refractivity contribution is 0.00578. The Morgan fingerprint density at radius 1 is 1.17 bits per heavy atom. The highest BCUT2D eigenvalue weighted by molar-refractivity contribution is 6.62. The van der Waals surface area contributed by atoms with Gasteiger partial charge in [-0.05, 0) is 72.4 Å². The van der Waals surface area contributed by atoms with Crippen LogP contribution in [0.2, 0.25) is 0 Å². The van der Waals surface area contributed by atoms with Gasteiger partial charge in [-0.2, -0.15) is 0 Å². The Kier molecular flexibility index (Phi) is 4.22. The fourth-order valence-electron chi connectivity index (χ4n) is 3.36. The molecule has 0 bridgehead atoms. The van der Waals surface area contributed by atoms with E-state index in [-0.39, 0.29) is 18.3 Å². The van der Waals surface area contributed by atoms with E-state index in [2.05, 4.69) is 52.5 Å². The van der Waals surface area contributed by atoms with Crippen LogP contribution in [0.25, 0.3) is 0 Å². The second kappa shape index (κ2) is 5.78. The molecule has 23 heavy (non-hydrogen) atoms. The minimum Gasteiger partial charge on any atom is -0.399 e. The first-order valence-corrected chi connectivity index (χ1v) is 8.80. The molecule has 0 saturated carbocycles. The molecule has 126 valence electrons. The van der Waals surface area contributed by atoms with Crippen molar-refractivity contribution in [2.24, 2.45) is 0 Å². The Morgan fingerprint density at radius 2 is 1.83 bits per heavy atom. The molecule has 0 spiro atoms. The molecule has 2 fully saturated rings. The minimum atomic E-state index is -0.333. The Hall–Kier alpha value is -1.07. The number of hydrogen-bond acceptors (Lipinski definition) is 4. The first kappa shape index (κ1) is 16.8. The molecule has 1 aromatic rings. The van der Waals surface area contributed by atoms with Crippen LogP contribution >= 0.6 is 0 Å². The molecular weight excluding hydrogens is 287 g/mol. The third kappa shape index (κ3) is 3.01. The van der Waals surface area contributed by atoms with E-state index in [1.165, 1.54) is 24.8 Å². The number of pyridine rings is 1. The van der Waals surface area contributed by atoms with Crippen LogP contribution in [-0.2, 0) is 9.31 Å². The van der Waals surface area contributed by atoms with Gasteiger partial charge < -0.3 is 14.2 Å². The average Bonchev–Trinajstić information content (AvgIpc) is 2.67. The second-order valence-electron chi connectivity index (χ2n) is 8.03. The van der Waals surface area contributed by atoms with Crippen LogP contribution in [0.1, 0.15) is 59.4 Å². The van der Waals surface area contributed by atoms with E-state index in [4.69, 9.17) is 14.3 Å². The van der Waals surface area contributed by atoms with Gasteiger partial charge in [-0.25, -0.2) is 4.98 Å². The van der Waals surface area contributed by atoms with Crippen molar-refractivity contribution in [2.45, 2.75) is 78.0 Å². The molecule has 2 saturated heterocycles. The molecule has 5 heteroatoms. The minimum absolute atomic E-state index is 0.315. The molecule has 2 aliphatic heterocycles. The summed E-state index contributed by atoms with van der Waals surface area (Å²) in [6.07, 6.45) is 5.76. The van der Waals surface area contributed by atoms with Gasteiger partial charge >= 0.3 is 7.12 Å². The summed E-state index contributed by atoms with van der Waals surface area (Å²) in [5, 5.41) is 0. The van der Waals surface area contributed by atoms with Gasteiger partial charge in [0.1, 0.15) is 5.82 Å². The summed E-state index contributed by atoms with van der Waals surface area (Å²) in [6, 6.07) is 2.75. The lowest BCUT2D eigenvalue weighted by atomic mass is 9.77. The zero-order chi connectivity index (χ0) is 16.8. The number of anilines is 1. The molecular formula is C18H29BN2O2. The molecule has 0 aromatic carbocycles. The first-order valence-electron chi connectivity index (χ1n) is 8.80. The van der Waals surface area contributed by atoms with Gasteiger partial charge in [-0.1, -0.05) is 0 Å². The van der Waals surface area contributed by atoms with Crippen molar-refractivity contribution in [3.8, 4) is 0 Å². The van der Waals surface area contributed by atoms with Gasteiger partial charge in [-0.15, -0.1) is 0 Å². The number of aromatic nitrogens is 1. The standard InChI is InChI=1S/C18H29BN2O2/c1-13-11-16(21-10-8-7-9-14(21)2)20-12-15(13)19-22-17(3,4)18(5,6)23-19/h11-12,14H,7-10H2,1-6H3. The zero-order valence-electron chi connectivity index (χ0n) is 15.3. The molecule has 0 amide bonds. The van der Waals surface area contributed by atoms with Gasteiger partial charge in [0.05, 0.1) is 11.2 Å². The quantitative estimate of drug-likeness (QED) is 0.786. The molecule has 3 rings (SSSR count). The van der Waals surface area contributed by atoms with Gasteiger partial charge in [0, 0.05) is 24.2 Å². The molecule has 2 aliphatic rings. The predicted molar refractivity (Wildman–Crippen MR) is 95.3 cm³/mol. The summed E-state index contributed by atoms with van der Waals surface area (Å²) in [5.74, 6) is 1.08.